The number of halogens is 1. The Bertz CT molecular complexity index is 1190. The first-order valence-electron chi connectivity index (χ1n) is 10.7. The van der Waals surface area contributed by atoms with Crippen LogP contribution in [0.1, 0.15) is 29.9 Å². The van der Waals surface area contributed by atoms with Gasteiger partial charge in [0.05, 0.1) is 5.60 Å². The third kappa shape index (κ3) is 4.13. The Kier molecular flexibility index (Phi) is 5.12. The van der Waals surface area contributed by atoms with Gasteiger partial charge in [0.15, 0.2) is 0 Å². The zero-order chi connectivity index (χ0) is 21.4. The molecule has 3 heterocycles. The molecule has 2 aromatic heterocycles. The summed E-state index contributed by atoms with van der Waals surface area (Å²) in [6.45, 7) is 4.37. The third-order valence-corrected chi connectivity index (χ3v) is 6.42. The number of hydrogen-bond acceptors (Lipinski definition) is 4. The molecule has 0 radical (unpaired) electrons. The van der Waals surface area contributed by atoms with Crippen LogP contribution in [0.5, 0.6) is 0 Å². The van der Waals surface area contributed by atoms with Crippen LogP contribution in [-0.4, -0.2) is 38.8 Å². The van der Waals surface area contributed by atoms with Crippen molar-refractivity contribution in [2.75, 3.05) is 13.1 Å². The van der Waals surface area contributed by atoms with Gasteiger partial charge in [-0.05, 0) is 43.5 Å². The molecule has 5 rings (SSSR count). The maximum Gasteiger partial charge on any atom is 0.140 e. The summed E-state index contributed by atoms with van der Waals surface area (Å²) in [5.74, 6) is 0.496. The molecule has 1 aliphatic rings. The number of aryl methyl sites for hydroxylation is 1. The minimum atomic E-state index is -0.789. The number of benzene rings is 2. The molecule has 0 unspecified atom stereocenters. The van der Waals surface area contributed by atoms with E-state index in [2.05, 4.69) is 15.0 Å². The van der Waals surface area contributed by atoms with E-state index in [4.69, 9.17) is 4.52 Å². The number of H-pyrrole nitrogens is 1. The molecular weight excluding hydrogens is 393 g/mol. The number of hydrogen-bond donors (Lipinski definition) is 2. The number of aromatic amines is 1. The standard InChI is InChI=1S/C25H26FN3O2/c1-17-21-13-19(26)7-8-22(21)27-24(17)16-29-11-9-25(30,10-12-29)15-20-14-23(28-31-20)18-5-3-2-4-6-18/h2-8,13-14,27,30H,9-12,15-16H2,1H3. The molecule has 5 nitrogen and oxygen atoms in total. The Morgan fingerprint density at radius 2 is 1.90 bits per heavy atom. The van der Waals surface area contributed by atoms with Gasteiger partial charge < -0.3 is 14.6 Å². The molecule has 2 N–H and O–H groups in total. The van der Waals surface area contributed by atoms with Crippen LogP contribution in [0.3, 0.4) is 0 Å². The van der Waals surface area contributed by atoms with E-state index < -0.39 is 5.60 Å². The van der Waals surface area contributed by atoms with Crippen molar-refractivity contribution in [1.29, 1.82) is 0 Å². The van der Waals surface area contributed by atoms with Crippen LogP contribution in [0, 0.1) is 12.7 Å². The number of aliphatic hydroxyl groups is 1. The number of piperidine rings is 1. The number of nitrogens with zero attached hydrogens (tertiary/aromatic N) is 2. The van der Waals surface area contributed by atoms with Crippen molar-refractivity contribution in [1.82, 2.24) is 15.0 Å². The summed E-state index contributed by atoms with van der Waals surface area (Å²) in [6.07, 6.45) is 1.80. The van der Waals surface area contributed by atoms with E-state index in [9.17, 15) is 9.50 Å². The SMILES string of the molecule is Cc1c(CN2CCC(O)(Cc3cc(-c4ccccc4)no3)CC2)[nH]c2ccc(F)cc12. The Morgan fingerprint density at radius 1 is 1.13 bits per heavy atom. The van der Waals surface area contributed by atoms with Crippen molar-refractivity contribution in [2.24, 2.45) is 0 Å². The molecule has 4 aromatic rings. The topological polar surface area (TPSA) is 65.3 Å². The maximum atomic E-state index is 13.6. The van der Waals surface area contributed by atoms with Crippen LogP contribution in [0.2, 0.25) is 0 Å². The molecule has 1 saturated heterocycles. The average molecular weight is 420 g/mol. The van der Waals surface area contributed by atoms with E-state index in [1.807, 2.05) is 43.3 Å². The van der Waals surface area contributed by atoms with E-state index in [1.54, 1.807) is 12.1 Å². The van der Waals surface area contributed by atoms with Crippen LogP contribution >= 0.6 is 0 Å². The van der Waals surface area contributed by atoms with Crippen molar-refractivity contribution in [3.63, 3.8) is 0 Å². The van der Waals surface area contributed by atoms with Crippen LogP contribution in [0.4, 0.5) is 4.39 Å². The summed E-state index contributed by atoms with van der Waals surface area (Å²) in [5.41, 5.74) is 4.17. The van der Waals surface area contributed by atoms with Gasteiger partial charge in [0.25, 0.3) is 0 Å². The lowest BCUT2D eigenvalue weighted by Gasteiger charge is -2.37. The lowest BCUT2D eigenvalue weighted by molar-refractivity contribution is -0.0267. The van der Waals surface area contributed by atoms with Gasteiger partial charge in [0.1, 0.15) is 17.3 Å². The molecular formula is C25H26FN3O2. The predicted octanol–water partition coefficient (Wildman–Crippen LogP) is 4.84. The Labute approximate surface area is 180 Å². The van der Waals surface area contributed by atoms with Crippen molar-refractivity contribution in [3.05, 3.63) is 77.4 Å². The van der Waals surface area contributed by atoms with E-state index >= 15 is 0 Å². The Morgan fingerprint density at radius 3 is 2.68 bits per heavy atom. The molecule has 6 heteroatoms. The summed E-state index contributed by atoms with van der Waals surface area (Å²) in [5, 5.41) is 16.2. The second-order valence-corrected chi connectivity index (χ2v) is 8.64. The van der Waals surface area contributed by atoms with Gasteiger partial charge in [-0.2, -0.15) is 0 Å². The van der Waals surface area contributed by atoms with Crippen LogP contribution in [0.15, 0.2) is 59.1 Å². The predicted molar refractivity (Wildman–Crippen MR) is 118 cm³/mol. The molecule has 1 fully saturated rings. The molecule has 0 spiro atoms. The number of nitrogens with one attached hydrogen (secondary N) is 1. The number of aromatic nitrogens is 2. The fourth-order valence-electron chi connectivity index (χ4n) is 4.51. The molecule has 0 aliphatic carbocycles. The largest absolute Gasteiger partial charge is 0.389 e. The van der Waals surface area contributed by atoms with Gasteiger partial charge in [-0.1, -0.05) is 35.5 Å². The van der Waals surface area contributed by atoms with Crippen LogP contribution < -0.4 is 0 Å². The maximum absolute atomic E-state index is 13.6. The molecule has 1 aliphatic heterocycles. The molecule has 0 saturated carbocycles. The quantitative estimate of drug-likeness (QED) is 0.486. The highest BCUT2D eigenvalue weighted by molar-refractivity contribution is 5.84. The highest BCUT2D eigenvalue weighted by Gasteiger charge is 2.34. The lowest BCUT2D eigenvalue weighted by atomic mass is 9.87. The van der Waals surface area contributed by atoms with Gasteiger partial charge in [0.2, 0.25) is 0 Å². The Balaban J connectivity index is 1.22. The summed E-state index contributed by atoms with van der Waals surface area (Å²) < 4.78 is 19.1. The van der Waals surface area contributed by atoms with E-state index in [1.165, 1.54) is 6.07 Å². The monoisotopic (exact) mass is 419 g/mol. The highest BCUT2D eigenvalue weighted by Crippen LogP contribution is 2.30. The zero-order valence-electron chi connectivity index (χ0n) is 17.6. The van der Waals surface area contributed by atoms with E-state index in [0.29, 0.717) is 25.0 Å². The first-order valence-corrected chi connectivity index (χ1v) is 10.7. The fraction of sp³-hybridized carbons (Fsp3) is 0.320. The third-order valence-electron chi connectivity index (χ3n) is 6.42. The number of fused-ring (bicyclic) bond motifs is 1. The van der Waals surface area contributed by atoms with Gasteiger partial charge in [-0.15, -0.1) is 0 Å². The van der Waals surface area contributed by atoms with Gasteiger partial charge in [0, 0.05) is 54.3 Å². The summed E-state index contributed by atoms with van der Waals surface area (Å²) in [7, 11) is 0. The number of rotatable bonds is 5. The Hall–Kier alpha value is -2.96. The zero-order valence-corrected chi connectivity index (χ0v) is 17.6. The highest BCUT2D eigenvalue weighted by atomic mass is 19.1. The smallest absolute Gasteiger partial charge is 0.140 e. The minimum Gasteiger partial charge on any atom is -0.389 e. The van der Waals surface area contributed by atoms with Gasteiger partial charge in [-0.3, -0.25) is 4.90 Å². The summed E-state index contributed by atoms with van der Waals surface area (Å²) in [4.78, 5) is 5.75. The average Bonchev–Trinajstić information content (AvgIpc) is 3.35. The van der Waals surface area contributed by atoms with Gasteiger partial charge >= 0.3 is 0 Å². The van der Waals surface area contributed by atoms with Crippen LogP contribution in [-0.2, 0) is 13.0 Å². The lowest BCUT2D eigenvalue weighted by Crippen LogP contribution is -2.45. The first kappa shape index (κ1) is 20.0. The molecule has 0 atom stereocenters. The molecule has 0 bridgehead atoms. The second-order valence-electron chi connectivity index (χ2n) is 8.64. The number of likely N-dealkylation sites (tertiary alicyclic amines) is 1. The second kappa shape index (κ2) is 7.94. The van der Waals surface area contributed by atoms with E-state index in [0.717, 1.165) is 53.1 Å². The normalized spacial score (nSPS) is 16.7. The van der Waals surface area contributed by atoms with E-state index in [-0.39, 0.29) is 5.82 Å². The van der Waals surface area contributed by atoms with Crippen molar-refractivity contribution >= 4 is 10.9 Å². The van der Waals surface area contributed by atoms with Crippen molar-refractivity contribution in [3.8, 4) is 11.3 Å². The summed E-state index contributed by atoms with van der Waals surface area (Å²) >= 11 is 0. The van der Waals surface area contributed by atoms with Crippen molar-refractivity contribution in [2.45, 2.75) is 38.3 Å². The van der Waals surface area contributed by atoms with Crippen molar-refractivity contribution < 1.29 is 14.0 Å². The van der Waals surface area contributed by atoms with Gasteiger partial charge in [-0.25, -0.2) is 4.39 Å². The molecule has 160 valence electrons. The fourth-order valence-corrected chi connectivity index (χ4v) is 4.51. The molecule has 2 aromatic carbocycles. The summed E-state index contributed by atoms with van der Waals surface area (Å²) in [6, 6.07) is 16.7. The minimum absolute atomic E-state index is 0.216. The molecule has 0 amide bonds. The molecule has 31 heavy (non-hydrogen) atoms. The van der Waals surface area contributed by atoms with Crippen LogP contribution in [0.25, 0.3) is 22.2 Å². The first-order chi connectivity index (χ1) is 15.0.